The summed E-state index contributed by atoms with van der Waals surface area (Å²) in [4.78, 5) is 25.6. The van der Waals surface area contributed by atoms with Gasteiger partial charge in [0, 0.05) is 20.3 Å². The monoisotopic (exact) mass is 304 g/mol. The highest BCUT2D eigenvalue weighted by atomic mass is 16.5. The summed E-state index contributed by atoms with van der Waals surface area (Å²) < 4.78 is 5.06. The van der Waals surface area contributed by atoms with E-state index in [1.165, 1.54) is 4.90 Å². The van der Waals surface area contributed by atoms with Crippen molar-refractivity contribution >= 4 is 18.2 Å². The second kappa shape index (κ2) is 7.82. The summed E-state index contributed by atoms with van der Waals surface area (Å²) in [5.41, 5.74) is 6.19. The zero-order chi connectivity index (χ0) is 16.7. The average Bonchev–Trinajstić information content (AvgIpc) is 2.53. The molecule has 0 spiro atoms. The van der Waals surface area contributed by atoms with E-state index in [1.807, 2.05) is 0 Å². The Kier molecular flexibility index (Phi) is 6.12. The fourth-order valence-corrected chi connectivity index (χ4v) is 1.74. The van der Waals surface area contributed by atoms with Gasteiger partial charge in [0.25, 0.3) is 5.91 Å². The minimum Gasteiger partial charge on any atom is -0.497 e. The highest BCUT2D eigenvalue weighted by molar-refractivity contribution is 6.21. The molecule has 0 aromatic heterocycles. The highest BCUT2D eigenvalue weighted by Gasteiger charge is 2.21. The molecular weight excluding hydrogens is 284 g/mol. The van der Waals surface area contributed by atoms with Crippen molar-refractivity contribution in [2.75, 3.05) is 21.2 Å². The minimum atomic E-state index is -0.436. The lowest BCUT2D eigenvalue weighted by molar-refractivity contribution is -0.124. The Morgan fingerprint density at radius 3 is 2.32 bits per heavy atom. The number of nitrogens with two attached hydrogens (primary N) is 1. The van der Waals surface area contributed by atoms with Gasteiger partial charge in [0.15, 0.2) is 0 Å². The molecule has 0 radical (unpaired) electrons. The number of methoxy groups -OCH3 is 1. The molecule has 118 valence electrons. The van der Waals surface area contributed by atoms with Gasteiger partial charge in [-0.05, 0) is 17.7 Å². The lowest BCUT2D eigenvalue weighted by Gasteiger charge is -2.21. The van der Waals surface area contributed by atoms with Gasteiger partial charge in [-0.3, -0.25) is 19.9 Å². The normalized spacial score (nSPS) is 10.8. The van der Waals surface area contributed by atoms with Crippen LogP contribution < -0.4 is 10.5 Å². The molecule has 3 N–H and O–H groups in total. The smallest absolute Gasteiger partial charge is 0.258 e. The van der Waals surface area contributed by atoms with Crippen molar-refractivity contribution in [2.24, 2.45) is 5.73 Å². The number of ether oxygens (including phenoxy) is 1. The molecule has 0 fully saturated rings. The second-order valence-corrected chi connectivity index (χ2v) is 4.71. The number of nitrogens with zero attached hydrogens (tertiary/aromatic N) is 2. The van der Waals surface area contributed by atoms with Crippen LogP contribution >= 0.6 is 0 Å². The molecule has 0 bridgehead atoms. The summed E-state index contributed by atoms with van der Waals surface area (Å²) in [6.45, 7) is 0.157. The average molecular weight is 304 g/mol. The van der Waals surface area contributed by atoms with Crippen LogP contribution in [-0.4, -0.2) is 49.2 Å². The number of hydrogen-bond acceptors (Lipinski definition) is 5. The van der Waals surface area contributed by atoms with Crippen LogP contribution in [-0.2, 0) is 16.1 Å². The fraction of sp³-hybridized carbons (Fsp3) is 0.267. The molecular formula is C15H20N4O3. The van der Waals surface area contributed by atoms with Crippen molar-refractivity contribution < 1.29 is 14.3 Å². The molecule has 0 aliphatic rings. The number of rotatable bonds is 6. The van der Waals surface area contributed by atoms with Gasteiger partial charge >= 0.3 is 0 Å². The fourth-order valence-electron chi connectivity index (χ4n) is 1.74. The van der Waals surface area contributed by atoms with Crippen LogP contribution in [0, 0.1) is 5.41 Å². The summed E-state index contributed by atoms with van der Waals surface area (Å²) in [7, 11) is 4.66. The molecule has 0 aliphatic heterocycles. The zero-order valence-corrected chi connectivity index (χ0v) is 12.9. The molecule has 0 unspecified atom stereocenters. The van der Waals surface area contributed by atoms with E-state index in [-0.39, 0.29) is 18.0 Å². The minimum absolute atomic E-state index is 0.0365. The van der Waals surface area contributed by atoms with Crippen LogP contribution in [0.2, 0.25) is 0 Å². The van der Waals surface area contributed by atoms with Crippen molar-refractivity contribution in [1.82, 2.24) is 9.80 Å². The quantitative estimate of drug-likeness (QED) is 0.347. The van der Waals surface area contributed by atoms with Crippen LogP contribution in [0.1, 0.15) is 5.56 Å². The highest BCUT2D eigenvalue weighted by Crippen LogP contribution is 2.14. The summed E-state index contributed by atoms with van der Waals surface area (Å²) in [5, 5.41) is 8.03. The van der Waals surface area contributed by atoms with Crippen LogP contribution in [0.5, 0.6) is 5.75 Å². The number of carbonyl (C=O) groups excluding carboxylic acids is 2. The summed E-state index contributed by atoms with van der Waals surface area (Å²) >= 11 is 0. The molecule has 1 aromatic rings. The van der Waals surface area contributed by atoms with Gasteiger partial charge in [0.1, 0.15) is 11.6 Å². The molecule has 0 atom stereocenters. The molecule has 0 heterocycles. The van der Waals surface area contributed by atoms with Gasteiger partial charge in [-0.2, -0.15) is 0 Å². The van der Waals surface area contributed by atoms with E-state index in [2.05, 4.69) is 0 Å². The Labute approximate surface area is 129 Å². The van der Waals surface area contributed by atoms with Crippen LogP contribution in [0.25, 0.3) is 0 Å². The zero-order valence-electron chi connectivity index (χ0n) is 12.9. The number of likely N-dealkylation sites (N-methyl/N-ethyl adjacent to an activating group) is 1. The van der Waals surface area contributed by atoms with E-state index < -0.39 is 5.91 Å². The number of amides is 2. The SMILES string of the molecule is COc1ccc(CN(C=O)C(=N)/C(=C\N)C(=O)N(C)C)cc1. The molecule has 22 heavy (non-hydrogen) atoms. The molecule has 0 aliphatic carbocycles. The van der Waals surface area contributed by atoms with Crippen LogP contribution in [0.4, 0.5) is 0 Å². The molecule has 0 saturated heterocycles. The largest absolute Gasteiger partial charge is 0.497 e. The summed E-state index contributed by atoms with van der Waals surface area (Å²) in [5.74, 6) is 0.0166. The van der Waals surface area contributed by atoms with E-state index in [0.29, 0.717) is 12.2 Å². The van der Waals surface area contributed by atoms with Crippen molar-refractivity contribution in [2.45, 2.75) is 6.54 Å². The first kappa shape index (κ1) is 17.2. The first-order chi connectivity index (χ1) is 10.4. The first-order valence-electron chi connectivity index (χ1n) is 6.52. The number of carbonyl (C=O) groups is 2. The predicted molar refractivity (Wildman–Crippen MR) is 83.3 cm³/mol. The Morgan fingerprint density at radius 1 is 1.32 bits per heavy atom. The number of amidine groups is 1. The second-order valence-electron chi connectivity index (χ2n) is 4.71. The van der Waals surface area contributed by atoms with Gasteiger partial charge in [0.2, 0.25) is 6.41 Å². The van der Waals surface area contributed by atoms with Crippen molar-refractivity contribution in [1.29, 1.82) is 5.41 Å². The summed E-state index contributed by atoms with van der Waals surface area (Å²) in [6.07, 6.45) is 1.54. The van der Waals surface area contributed by atoms with Crippen LogP contribution in [0.15, 0.2) is 36.0 Å². The van der Waals surface area contributed by atoms with E-state index in [9.17, 15) is 9.59 Å². The first-order valence-corrected chi connectivity index (χ1v) is 6.52. The van der Waals surface area contributed by atoms with E-state index >= 15 is 0 Å². The molecule has 0 saturated carbocycles. The van der Waals surface area contributed by atoms with Crippen molar-refractivity contribution in [3.63, 3.8) is 0 Å². The number of hydrogen-bond donors (Lipinski definition) is 2. The molecule has 7 nitrogen and oxygen atoms in total. The van der Waals surface area contributed by atoms with E-state index in [0.717, 1.165) is 16.7 Å². The van der Waals surface area contributed by atoms with Crippen molar-refractivity contribution in [3.8, 4) is 5.75 Å². The lowest BCUT2D eigenvalue weighted by Crippen LogP contribution is -2.36. The van der Waals surface area contributed by atoms with Gasteiger partial charge in [-0.15, -0.1) is 0 Å². The summed E-state index contributed by atoms with van der Waals surface area (Å²) in [6, 6.07) is 7.07. The van der Waals surface area contributed by atoms with Crippen molar-refractivity contribution in [3.05, 3.63) is 41.6 Å². The maximum atomic E-state index is 11.9. The van der Waals surface area contributed by atoms with Gasteiger partial charge in [-0.25, -0.2) is 0 Å². The topological polar surface area (TPSA) is 99.7 Å². The Bertz CT molecular complexity index is 579. The van der Waals surface area contributed by atoms with Gasteiger partial charge < -0.3 is 15.4 Å². The molecule has 1 aromatic carbocycles. The third kappa shape index (κ3) is 4.08. The molecule has 1 rings (SSSR count). The third-order valence-corrected chi connectivity index (χ3v) is 2.98. The van der Waals surface area contributed by atoms with Gasteiger partial charge in [0.05, 0.1) is 19.2 Å². The predicted octanol–water partition coefficient (Wildman–Crippen LogP) is 0.562. The maximum absolute atomic E-state index is 11.9. The van der Waals surface area contributed by atoms with E-state index in [1.54, 1.807) is 45.5 Å². The molecule has 2 amide bonds. The maximum Gasteiger partial charge on any atom is 0.258 e. The lowest BCUT2D eigenvalue weighted by atomic mass is 10.1. The van der Waals surface area contributed by atoms with Gasteiger partial charge in [-0.1, -0.05) is 12.1 Å². The third-order valence-electron chi connectivity index (χ3n) is 2.98. The Morgan fingerprint density at radius 2 is 1.91 bits per heavy atom. The molecule has 7 heteroatoms. The standard InChI is InChI=1S/C15H20N4O3/c1-18(2)15(21)13(8-16)14(17)19(10-20)9-11-4-6-12(22-3)7-5-11/h4-8,10,17H,9,16H2,1-3H3/b13-8+,17-14?. The van der Waals surface area contributed by atoms with E-state index in [4.69, 9.17) is 15.9 Å². The number of benzene rings is 1. The Hall–Kier alpha value is -2.83. The van der Waals surface area contributed by atoms with Crippen LogP contribution in [0.3, 0.4) is 0 Å². The number of nitrogens with one attached hydrogen (secondary N) is 1. The Balaban J connectivity index is 2.92.